The van der Waals surface area contributed by atoms with E-state index in [1.807, 2.05) is 20.8 Å². The van der Waals surface area contributed by atoms with Crippen molar-refractivity contribution in [3.8, 4) is 0 Å². The number of alkyl carbamates (subject to hydrolysis) is 1. The van der Waals surface area contributed by atoms with Crippen LogP contribution in [0.15, 0.2) is 22.8 Å². The van der Waals surface area contributed by atoms with Crippen LogP contribution >= 0.6 is 0 Å². The summed E-state index contributed by atoms with van der Waals surface area (Å²) in [5.74, 6) is 0.732. The van der Waals surface area contributed by atoms with E-state index in [0.717, 1.165) is 25.9 Å². The first-order valence-corrected chi connectivity index (χ1v) is 8.09. The molecule has 2 heterocycles. The molecule has 0 aliphatic carbocycles. The molecule has 6 nitrogen and oxygen atoms in total. The van der Waals surface area contributed by atoms with E-state index in [4.69, 9.17) is 9.15 Å². The molecule has 1 aromatic heterocycles. The highest BCUT2D eigenvalue weighted by molar-refractivity contribution is 5.95. The van der Waals surface area contributed by atoms with Crippen molar-refractivity contribution in [1.29, 1.82) is 0 Å². The van der Waals surface area contributed by atoms with Crippen molar-refractivity contribution in [1.82, 2.24) is 10.2 Å². The highest BCUT2D eigenvalue weighted by Crippen LogP contribution is 2.17. The van der Waals surface area contributed by atoms with Gasteiger partial charge in [-0.2, -0.15) is 0 Å². The summed E-state index contributed by atoms with van der Waals surface area (Å²) in [5, 5.41) is 2.82. The summed E-state index contributed by atoms with van der Waals surface area (Å²) in [6.07, 6.45) is 3.19. The van der Waals surface area contributed by atoms with Crippen molar-refractivity contribution in [2.24, 2.45) is 5.92 Å². The zero-order valence-corrected chi connectivity index (χ0v) is 14.1. The van der Waals surface area contributed by atoms with Crippen LogP contribution in [0.3, 0.4) is 0 Å². The second-order valence-corrected chi connectivity index (χ2v) is 7.03. The number of likely N-dealkylation sites (tertiary alicyclic amines) is 1. The lowest BCUT2D eigenvalue weighted by atomic mass is 9.98. The Hall–Kier alpha value is -1.82. The van der Waals surface area contributed by atoms with Crippen molar-refractivity contribution in [2.75, 3.05) is 26.2 Å². The standard InChI is InChI=1S/C17H26N2O4/c1-17(2,3)23-16(21)18-10-13-6-4-8-19(11-13)12-14(20)15-7-5-9-22-15/h5,7,9,13H,4,6,8,10-12H2,1-3H3,(H,18,21)/t13-/m1/s1. The van der Waals surface area contributed by atoms with Crippen LogP contribution < -0.4 is 5.32 Å². The molecule has 1 aliphatic rings. The van der Waals surface area contributed by atoms with Crippen LogP contribution in [0.4, 0.5) is 4.79 Å². The Morgan fingerprint density at radius 3 is 2.87 bits per heavy atom. The minimum Gasteiger partial charge on any atom is -0.461 e. The van der Waals surface area contributed by atoms with Crippen molar-refractivity contribution in [3.63, 3.8) is 0 Å². The molecule has 0 aromatic carbocycles. The summed E-state index contributed by atoms with van der Waals surface area (Å²) in [5.41, 5.74) is -0.488. The second-order valence-electron chi connectivity index (χ2n) is 7.03. The van der Waals surface area contributed by atoms with Crippen molar-refractivity contribution < 1.29 is 18.7 Å². The van der Waals surface area contributed by atoms with Crippen molar-refractivity contribution >= 4 is 11.9 Å². The molecule has 2 rings (SSSR count). The number of ether oxygens (including phenoxy) is 1. The Kier molecular flexibility index (Phi) is 5.82. The number of rotatable bonds is 5. The minimum absolute atomic E-state index is 0.00393. The van der Waals surface area contributed by atoms with Gasteiger partial charge in [0, 0.05) is 13.1 Å². The average molecular weight is 322 g/mol. The first-order valence-electron chi connectivity index (χ1n) is 8.09. The summed E-state index contributed by atoms with van der Waals surface area (Å²) in [7, 11) is 0. The van der Waals surface area contributed by atoms with Crippen molar-refractivity contribution in [2.45, 2.75) is 39.2 Å². The lowest BCUT2D eigenvalue weighted by Gasteiger charge is -2.32. The third-order valence-electron chi connectivity index (χ3n) is 3.70. The topological polar surface area (TPSA) is 71.8 Å². The number of piperidine rings is 1. The van der Waals surface area contributed by atoms with Gasteiger partial charge in [-0.3, -0.25) is 9.69 Å². The lowest BCUT2D eigenvalue weighted by Crippen LogP contribution is -2.43. The molecule has 0 unspecified atom stereocenters. The summed E-state index contributed by atoms with van der Waals surface area (Å²) >= 11 is 0. The number of furan rings is 1. The summed E-state index contributed by atoms with van der Waals surface area (Å²) in [4.78, 5) is 25.9. The van der Waals surface area contributed by atoms with Crippen LogP contribution in [-0.4, -0.2) is 48.6 Å². The smallest absolute Gasteiger partial charge is 0.407 e. The van der Waals surface area contributed by atoms with Gasteiger partial charge < -0.3 is 14.5 Å². The molecule has 6 heteroatoms. The molecule has 1 fully saturated rings. The van der Waals surface area contributed by atoms with E-state index in [1.165, 1.54) is 6.26 Å². The average Bonchev–Trinajstić information content (AvgIpc) is 2.98. The van der Waals surface area contributed by atoms with Gasteiger partial charge in [-0.25, -0.2) is 4.79 Å². The molecule has 0 saturated carbocycles. The minimum atomic E-state index is -0.488. The zero-order valence-electron chi connectivity index (χ0n) is 14.1. The number of carbonyl (C=O) groups is 2. The predicted molar refractivity (Wildman–Crippen MR) is 86.4 cm³/mol. The lowest BCUT2D eigenvalue weighted by molar-refractivity contribution is 0.0504. The number of hydrogen-bond donors (Lipinski definition) is 1. The van der Waals surface area contributed by atoms with E-state index in [-0.39, 0.29) is 11.9 Å². The number of hydrogen-bond acceptors (Lipinski definition) is 5. The van der Waals surface area contributed by atoms with Gasteiger partial charge >= 0.3 is 6.09 Å². The van der Waals surface area contributed by atoms with Gasteiger partial charge in [0.05, 0.1) is 12.8 Å². The second kappa shape index (κ2) is 7.64. The van der Waals surface area contributed by atoms with E-state index in [0.29, 0.717) is 24.8 Å². The molecule has 0 radical (unpaired) electrons. The third-order valence-corrected chi connectivity index (χ3v) is 3.70. The highest BCUT2D eigenvalue weighted by Gasteiger charge is 2.24. The Morgan fingerprint density at radius 1 is 1.43 bits per heavy atom. The number of ketones is 1. The molecular formula is C17H26N2O4. The van der Waals surface area contributed by atoms with E-state index in [1.54, 1.807) is 12.1 Å². The molecule has 1 saturated heterocycles. The van der Waals surface area contributed by atoms with Gasteiger partial charge in [-0.1, -0.05) is 0 Å². The van der Waals surface area contributed by atoms with Crippen molar-refractivity contribution in [3.05, 3.63) is 24.2 Å². The molecule has 128 valence electrons. The quantitative estimate of drug-likeness (QED) is 0.844. The number of nitrogens with zero attached hydrogens (tertiary/aromatic N) is 1. The van der Waals surface area contributed by atoms with Crippen LogP contribution in [-0.2, 0) is 4.74 Å². The monoisotopic (exact) mass is 322 g/mol. The maximum atomic E-state index is 12.1. The molecule has 1 aromatic rings. The van der Waals surface area contributed by atoms with E-state index < -0.39 is 5.60 Å². The maximum Gasteiger partial charge on any atom is 0.407 e. The van der Waals surface area contributed by atoms with Crippen LogP contribution in [0.2, 0.25) is 0 Å². The van der Waals surface area contributed by atoms with Crippen LogP contribution in [0.5, 0.6) is 0 Å². The van der Waals surface area contributed by atoms with E-state index in [9.17, 15) is 9.59 Å². The van der Waals surface area contributed by atoms with Gasteiger partial charge in [-0.05, 0) is 58.2 Å². The Labute approximate surface area is 137 Å². The summed E-state index contributed by atoms with van der Waals surface area (Å²) in [6.45, 7) is 8.15. The van der Waals surface area contributed by atoms with Gasteiger partial charge in [0.2, 0.25) is 5.78 Å². The Balaban J connectivity index is 1.75. The molecule has 1 atom stereocenters. The summed E-state index contributed by atoms with van der Waals surface area (Å²) < 4.78 is 10.4. The Morgan fingerprint density at radius 2 is 2.22 bits per heavy atom. The van der Waals surface area contributed by atoms with E-state index >= 15 is 0 Å². The van der Waals surface area contributed by atoms with Crippen LogP contribution in [0.25, 0.3) is 0 Å². The van der Waals surface area contributed by atoms with E-state index in [2.05, 4.69) is 10.2 Å². The number of carbonyl (C=O) groups excluding carboxylic acids is 2. The molecule has 23 heavy (non-hydrogen) atoms. The maximum absolute atomic E-state index is 12.1. The highest BCUT2D eigenvalue weighted by atomic mass is 16.6. The molecule has 0 spiro atoms. The first-order chi connectivity index (χ1) is 10.8. The fourth-order valence-corrected chi connectivity index (χ4v) is 2.72. The van der Waals surface area contributed by atoms with Gasteiger partial charge in [0.15, 0.2) is 5.76 Å². The normalized spacial score (nSPS) is 19.3. The molecule has 0 bridgehead atoms. The largest absolute Gasteiger partial charge is 0.461 e. The van der Waals surface area contributed by atoms with Gasteiger partial charge in [-0.15, -0.1) is 0 Å². The van der Waals surface area contributed by atoms with Gasteiger partial charge in [0.25, 0.3) is 0 Å². The predicted octanol–water partition coefficient (Wildman–Crippen LogP) is 2.70. The SMILES string of the molecule is CC(C)(C)OC(=O)NC[C@H]1CCCN(CC(=O)c2ccco2)C1. The fraction of sp³-hybridized carbons (Fsp3) is 0.647. The number of nitrogens with one attached hydrogen (secondary N) is 1. The van der Waals surface area contributed by atoms with Crippen LogP contribution in [0, 0.1) is 5.92 Å². The molecular weight excluding hydrogens is 296 g/mol. The fourth-order valence-electron chi connectivity index (χ4n) is 2.72. The van der Waals surface area contributed by atoms with Crippen LogP contribution in [0.1, 0.15) is 44.2 Å². The Bertz CT molecular complexity index is 519. The molecule has 1 aliphatic heterocycles. The number of amides is 1. The summed E-state index contributed by atoms with van der Waals surface area (Å²) in [6, 6.07) is 3.41. The third kappa shape index (κ3) is 6.06. The zero-order chi connectivity index (χ0) is 16.9. The molecule has 1 N–H and O–H groups in total. The molecule has 1 amide bonds. The van der Waals surface area contributed by atoms with Gasteiger partial charge in [0.1, 0.15) is 5.60 Å². The number of Topliss-reactive ketones (excluding diaryl/α,β-unsaturated/α-hetero) is 1. The first kappa shape index (κ1) is 17.5.